The summed E-state index contributed by atoms with van der Waals surface area (Å²) in [6, 6.07) is 14.0. The second kappa shape index (κ2) is 5.53. The van der Waals surface area contributed by atoms with Crippen LogP contribution in [0.25, 0.3) is 0 Å². The van der Waals surface area contributed by atoms with Crippen molar-refractivity contribution in [1.29, 1.82) is 0 Å². The number of rotatable bonds is 3. The van der Waals surface area contributed by atoms with Crippen molar-refractivity contribution in [2.45, 2.75) is 32.1 Å². The summed E-state index contributed by atoms with van der Waals surface area (Å²) in [5.41, 5.74) is 3.94. The molecule has 1 aliphatic carbocycles. The van der Waals surface area contributed by atoms with E-state index in [2.05, 4.69) is 28.1 Å². The topological polar surface area (TPSA) is 17.1 Å². The van der Waals surface area contributed by atoms with E-state index in [1.54, 1.807) is 0 Å². The van der Waals surface area contributed by atoms with Gasteiger partial charge >= 0.3 is 0 Å². The van der Waals surface area contributed by atoms with Crippen LogP contribution in [0.2, 0.25) is 0 Å². The molecule has 20 heavy (non-hydrogen) atoms. The van der Waals surface area contributed by atoms with Crippen LogP contribution in [0.3, 0.4) is 0 Å². The highest BCUT2D eigenvalue weighted by Gasteiger charge is 2.21. The SMILES string of the molecule is Cc1cccc(C(=O)c2cccc(C3CCC3)c2)c1Br. The maximum absolute atomic E-state index is 12.7. The summed E-state index contributed by atoms with van der Waals surface area (Å²) >= 11 is 3.53. The number of ketones is 1. The van der Waals surface area contributed by atoms with Crippen LogP contribution in [-0.2, 0) is 0 Å². The molecule has 2 aromatic rings. The molecule has 1 saturated carbocycles. The standard InChI is InChI=1S/C18H17BrO/c1-12-5-2-10-16(17(12)19)18(20)15-9-4-8-14(11-15)13-6-3-7-13/h2,4-5,8-11,13H,3,6-7H2,1H3. The minimum atomic E-state index is 0.0988. The summed E-state index contributed by atoms with van der Waals surface area (Å²) in [6.07, 6.45) is 3.82. The van der Waals surface area contributed by atoms with Gasteiger partial charge in [-0.1, -0.05) is 36.8 Å². The predicted molar refractivity (Wildman–Crippen MR) is 85.3 cm³/mol. The predicted octanol–water partition coefficient (Wildman–Crippen LogP) is 5.26. The third kappa shape index (κ3) is 2.45. The van der Waals surface area contributed by atoms with E-state index in [0.717, 1.165) is 21.2 Å². The normalized spacial score (nSPS) is 14.9. The Balaban J connectivity index is 1.95. The minimum absolute atomic E-state index is 0.0988. The van der Waals surface area contributed by atoms with Crippen LogP contribution in [0.15, 0.2) is 46.9 Å². The summed E-state index contributed by atoms with van der Waals surface area (Å²) < 4.78 is 0.902. The molecule has 1 fully saturated rings. The van der Waals surface area contributed by atoms with Crippen molar-refractivity contribution >= 4 is 21.7 Å². The molecule has 0 N–H and O–H groups in total. The number of carbonyl (C=O) groups is 1. The van der Waals surface area contributed by atoms with E-state index in [9.17, 15) is 4.79 Å². The largest absolute Gasteiger partial charge is 0.289 e. The maximum Gasteiger partial charge on any atom is 0.194 e. The smallest absolute Gasteiger partial charge is 0.194 e. The van der Waals surface area contributed by atoms with Gasteiger partial charge in [-0.15, -0.1) is 0 Å². The van der Waals surface area contributed by atoms with Gasteiger partial charge in [0.25, 0.3) is 0 Å². The summed E-state index contributed by atoms with van der Waals surface area (Å²) in [4.78, 5) is 12.7. The number of hydrogen-bond acceptors (Lipinski definition) is 1. The van der Waals surface area contributed by atoms with Gasteiger partial charge in [0.05, 0.1) is 0 Å². The minimum Gasteiger partial charge on any atom is -0.289 e. The lowest BCUT2D eigenvalue weighted by atomic mass is 9.79. The monoisotopic (exact) mass is 328 g/mol. The van der Waals surface area contributed by atoms with E-state index in [0.29, 0.717) is 5.92 Å². The highest BCUT2D eigenvalue weighted by Crippen LogP contribution is 2.36. The van der Waals surface area contributed by atoms with E-state index >= 15 is 0 Å². The van der Waals surface area contributed by atoms with E-state index in [-0.39, 0.29) is 5.78 Å². The molecular weight excluding hydrogens is 312 g/mol. The molecule has 0 heterocycles. The molecule has 2 heteroatoms. The van der Waals surface area contributed by atoms with Crippen molar-refractivity contribution in [1.82, 2.24) is 0 Å². The van der Waals surface area contributed by atoms with Crippen LogP contribution in [-0.4, -0.2) is 5.78 Å². The molecule has 0 saturated heterocycles. The fraction of sp³-hybridized carbons (Fsp3) is 0.278. The molecule has 102 valence electrons. The zero-order valence-electron chi connectivity index (χ0n) is 11.5. The van der Waals surface area contributed by atoms with E-state index in [4.69, 9.17) is 0 Å². The summed E-state index contributed by atoms with van der Waals surface area (Å²) in [6.45, 7) is 2.01. The molecular formula is C18H17BrO. The van der Waals surface area contributed by atoms with Gasteiger partial charge in [0.2, 0.25) is 0 Å². The summed E-state index contributed by atoms with van der Waals surface area (Å²) in [7, 11) is 0. The molecule has 0 bridgehead atoms. The number of carbonyl (C=O) groups excluding carboxylic acids is 1. The van der Waals surface area contributed by atoms with Crippen molar-refractivity contribution in [3.8, 4) is 0 Å². The average molecular weight is 329 g/mol. The zero-order chi connectivity index (χ0) is 14.1. The van der Waals surface area contributed by atoms with Crippen molar-refractivity contribution < 1.29 is 4.79 Å². The second-order valence-corrected chi connectivity index (χ2v) is 6.31. The van der Waals surface area contributed by atoms with E-state index < -0.39 is 0 Å². The first-order valence-electron chi connectivity index (χ1n) is 7.06. The molecule has 1 nitrogen and oxygen atoms in total. The Hall–Kier alpha value is -1.41. The molecule has 0 unspecified atom stereocenters. The molecule has 0 aromatic heterocycles. The molecule has 1 aliphatic rings. The van der Waals surface area contributed by atoms with Crippen LogP contribution in [0.5, 0.6) is 0 Å². The van der Waals surface area contributed by atoms with Gasteiger partial charge in [0, 0.05) is 15.6 Å². The number of benzene rings is 2. The molecule has 3 rings (SSSR count). The quantitative estimate of drug-likeness (QED) is 0.702. The average Bonchev–Trinajstić information content (AvgIpc) is 2.40. The van der Waals surface area contributed by atoms with Crippen LogP contribution in [0.1, 0.15) is 52.2 Å². The van der Waals surface area contributed by atoms with Gasteiger partial charge in [-0.25, -0.2) is 0 Å². The maximum atomic E-state index is 12.7. The first kappa shape index (κ1) is 13.6. The number of hydrogen-bond donors (Lipinski definition) is 0. The Kier molecular flexibility index (Phi) is 3.75. The molecule has 0 amide bonds. The molecule has 2 aromatic carbocycles. The molecule has 0 radical (unpaired) electrons. The van der Waals surface area contributed by atoms with Crippen LogP contribution in [0.4, 0.5) is 0 Å². The van der Waals surface area contributed by atoms with Gasteiger partial charge in [-0.05, 0) is 64.9 Å². The molecule has 0 atom stereocenters. The summed E-state index contributed by atoms with van der Waals surface area (Å²) in [5.74, 6) is 0.755. The Morgan fingerprint density at radius 3 is 2.60 bits per heavy atom. The fourth-order valence-corrected chi connectivity index (χ4v) is 3.10. The van der Waals surface area contributed by atoms with Gasteiger partial charge in [0.15, 0.2) is 5.78 Å². The van der Waals surface area contributed by atoms with E-state index in [1.165, 1.54) is 24.8 Å². The van der Waals surface area contributed by atoms with Crippen molar-refractivity contribution in [3.05, 3.63) is 69.2 Å². The first-order chi connectivity index (χ1) is 9.66. The number of aryl methyl sites for hydroxylation is 1. The lowest BCUT2D eigenvalue weighted by molar-refractivity contribution is 0.103. The van der Waals surface area contributed by atoms with Gasteiger partial charge in [-0.2, -0.15) is 0 Å². The third-order valence-electron chi connectivity index (χ3n) is 4.16. The molecule has 0 spiro atoms. The van der Waals surface area contributed by atoms with Crippen LogP contribution < -0.4 is 0 Å². The van der Waals surface area contributed by atoms with Gasteiger partial charge in [0.1, 0.15) is 0 Å². The fourth-order valence-electron chi connectivity index (χ4n) is 2.65. The van der Waals surface area contributed by atoms with Gasteiger partial charge in [-0.3, -0.25) is 4.79 Å². The van der Waals surface area contributed by atoms with Crippen molar-refractivity contribution in [2.24, 2.45) is 0 Å². The number of halogens is 1. The molecule has 0 aliphatic heterocycles. The van der Waals surface area contributed by atoms with Gasteiger partial charge < -0.3 is 0 Å². The Bertz CT molecular complexity index is 656. The second-order valence-electron chi connectivity index (χ2n) is 5.52. The zero-order valence-corrected chi connectivity index (χ0v) is 13.1. The van der Waals surface area contributed by atoms with Crippen LogP contribution >= 0.6 is 15.9 Å². The van der Waals surface area contributed by atoms with Crippen LogP contribution in [0, 0.1) is 6.92 Å². The van der Waals surface area contributed by atoms with E-state index in [1.807, 2.05) is 37.3 Å². The lowest BCUT2D eigenvalue weighted by Gasteiger charge is -2.26. The van der Waals surface area contributed by atoms with Crippen molar-refractivity contribution in [2.75, 3.05) is 0 Å². The third-order valence-corrected chi connectivity index (χ3v) is 5.21. The lowest BCUT2D eigenvalue weighted by Crippen LogP contribution is -2.10. The highest BCUT2D eigenvalue weighted by atomic mass is 79.9. The Labute approximate surface area is 128 Å². The first-order valence-corrected chi connectivity index (χ1v) is 7.86. The van der Waals surface area contributed by atoms with Crippen molar-refractivity contribution in [3.63, 3.8) is 0 Å². The summed E-state index contributed by atoms with van der Waals surface area (Å²) in [5, 5.41) is 0. The Morgan fingerprint density at radius 1 is 1.15 bits per heavy atom. The highest BCUT2D eigenvalue weighted by molar-refractivity contribution is 9.10. The Morgan fingerprint density at radius 2 is 1.90 bits per heavy atom.